The Labute approximate surface area is 432 Å². The topological polar surface area (TPSA) is 237 Å². The van der Waals surface area contributed by atoms with Crippen molar-refractivity contribution in [3.63, 3.8) is 0 Å². The quantitative estimate of drug-likeness (QED) is 0.0266. The number of methoxy groups -OCH3 is 1. The number of carbonyl (C=O) groups is 2. The zero-order chi connectivity index (χ0) is 57.1. The van der Waals surface area contributed by atoms with E-state index in [2.05, 4.69) is 0 Å². The van der Waals surface area contributed by atoms with E-state index in [4.69, 9.17) is 18.9 Å². The van der Waals surface area contributed by atoms with E-state index >= 15 is 26.3 Å². The Morgan fingerprint density at radius 2 is 1.16 bits per heavy atom. The van der Waals surface area contributed by atoms with Crippen LogP contribution in [-0.4, -0.2) is 200 Å². The molecule has 10 unspecified atom stereocenters. The van der Waals surface area contributed by atoms with Gasteiger partial charge in [0.1, 0.15) is 0 Å². The van der Waals surface area contributed by atoms with Crippen molar-refractivity contribution in [1.82, 2.24) is 4.90 Å². The van der Waals surface area contributed by atoms with E-state index in [1.807, 2.05) is 0 Å². The third-order valence-electron chi connectivity index (χ3n) is 13.4. The van der Waals surface area contributed by atoms with Crippen molar-refractivity contribution in [2.45, 2.75) is 117 Å². The predicted molar refractivity (Wildman–Crippen MR) is 244 cm³/mol. The fraction of sp³-hybridized carbons (Fsp3) is 0.949. The third-order valence-corrected chi connectivity index (χ3v) is 20.9. The molecule has 0 radical (unpaired) electrons. The number of alkyl halides is 13. The van der Waals surface area contributed by atoms with Crippen molar-refractivity contribution in [3.8, 4) is 0 Å². The Morgan fingerprint density at radius 3 is 1.65 bits per heavy atom. The zero-order valence-corrected chi connectivity index (χ0v) is 44.9. The van der Waals surface area contributed by atoms with Crippen LogP contribution in [0, 0.1) is 29.1 Å². The van der Waals surface area contributed by atoms with E-state index in [-0.39, 0.29) is 57.0 Å². The molecule has 3 rings (SSSR count). The average Bonchev–Trinajstić information content (AvgIpc) is 3.85. The Hall–Kier alpha value is -1.15. The normalized spacial score (nSPS) is 27.3. The van der Waals surface area contributed by atoms with Gasteiger partial charge in [0, 0.05) is 46.0 Å². The monoisotopic (exact) mass is 1220 g/mol. The number of ether oxygens (including phenoxy) is 4. The Bertz CT molecular complexity index is 2270. The van der Waals surface area contributed by atoms with Crippen LogP contribution < -0.4 is 0 Å². The molecule has 0 aromatic rings. The molecule has 436 valence electrons. The summed E-state index contributed by atoms with van der Waals surface area (Å²) in [6.45, 7) is 4.69. The van der Waals surface area contributed by atoms with E-state index < -0.39 is 189 Å². The molecule has 3 fully saturated rings. The Balaban J connectivity index is 2.28. The lowest BCUT2D eigenvalue weighted by Gasteiger charge is -2.43. The largest absolute Gasteiger partial charge is 0.460 e. The molecule has 74 heavy (non-hydrogen) atoms. The average molecular weight is 1220 g/mol. The van der Waals surface area contributed by atoms with Gasteiger partial charge >= 0.3 is 35.8 Å². The van der Waals surface area contributed by atoms with Crippen molar-refractivity contribution in [2.24, 2.45) is 29.1 Å². The maximum absolute atomic E-state index is 16.8. The van der Waals surface area contributed by atoms with Crippen LogP contribution in [0.5, 0.6) is 0 Å². The second kappa shape index (κ2) is 24.7. The number of likely N-dealkylation sites (tertiary alicyclic amines) is 1. The van der Waals surface area contributed by atoms with Gasteiger partial charge in [0.2, 0.25) is 11.8 Å². The van der Waals surface area contributed by atoms with Crippen LogP contribution in [0.15, 0.2) is 0 Å². The molecule has 16 nitrogen and oxygen atoms in total. The van der Waals surface area contributed by atoms with Gasteiger partial charge in [0.15, 0.2) is 0 Å². The van der Waals surface area contributed by atoms with Gasteiger partial charge in [-0.25, -0.2) is 0 Å². The number of imide groups is 1. The van der Waals surface area contributed by atoms with Crippen LogP contribution in [0.4, 0.5) is 57.1 Å². The molecule has 3 aliphatic rings. The molecule has 2 aliphatic heterocycles. The fourth-order valence-corrected chi connectivity index (χ4v) is 16.3. The molecular weight excluding hydrogens is 1160 g/mol. The van der Waals surface area contributed by atoms with Gasteiger partial charge < -0.3 is 18.9 Å². The summed E-state index contributed by atoms with van der Waals surface area (Å²) in [5.74, 6) is -54.9. The molecule has 2 amide bonds. The maximum atomic E-state index is 16.8. The Kier molecular flexibility index (Phi) is 22.4. The molecule has 3 N–H and O–H groups in total. The Morgan fingerprint density at radius 1 is 0.689 bits per heavy atom. The number of amides is 2. The molecule has 1 saturated carbocycles. The van der Waals surface area contributed by atoms with E-state index in [1.54, 1.807) is 0 Å². The lowest BCUT2D eigenvalue weighted by Crippen LogP contribution is -2.71. The summed E-state index contributed by atoms with van der Waals surface area (Å²) in [7, 11) is -12.9. The second-order valence-corrected chi connectivity index (χ2v) is 27.2. The highest BCUT2D eigenvalue weighted by molar-refractivity contribution is 8.01. The first-order valence-electron chi connectivity index (χ1n) is 22.3. The zero-order valence-electron chi connectivity index (χ0n) is 40.0. The lowest BCUT2D eigenvalue weighted by atomic mass is 9.77. The minimum Gasteiger partial charge on any atom is -0.382 e. The van der Waals surface area contributed by atoms with Crippen molar-refractivity contribution in [1.29, 1.82) is 0 Å². The van der Waals surface area contributed by atoms with Crippen molar-refractivity contribution in [2.75, 3.05) is 81.2 Å². The van der Waals surface area contributed by atoms with Crippen LogP contribution in [0.1, 0.15) is 53.4 Å². The summed E-state index contributed by atoms with van der Waals surface area (Å²) in [5.41, 5.74) is -3.85. The van der Waals surface area contributed by atoms with Gasteiger partial charge in [-0.3, -0.25) is 28.1 Å². The number of fused-ring (bicyclic) bond motifs is 1. The van der Waals surface area contributed by atoms with Crippen molar-refractivity contribution < 1.29 is 125 Å². The van der Waals surface area contributed by atoms with Gasteiger partial charge in [-0.2, -0.15) is 118 Å². The van der Waals surface area contributed by atoms with Crippen LogP contribution in [0.25, 0.3) is 0 Å². The molecule has 1 aliphatic carbocycles. The first-order chi connectivity index (χ1) is 33.4. The number of hydrogen-bond donors (Lipinski definition) is 3. The van der Waals surface area contributed by atoms with Crippen molar-refractivity contribution >= 4 is 77.5 Å². The highest BCUT2D eigenvalue weighted by Gasteiger charge is 2.91. The predicted octanol–water partition coefficient (Wildman–Crippen LogP) is 6.98. The second-order valence-electron chi connectivity index (χ2n) is 18.4. The number of halogens is 13. The number of hydrogen-bond acceptors (Lipinski definition) is 15. The number of nitrogens with zero attached hydrogens (tertiary/aromatic N) is 1. The van der Waals surface area contributed by atoms with Gasteiger partial charge in [0.05, 0.1) is 80.4 Å². The van der Waals surface area contributed by atoms with Crippen LogP contribution in [0.3, 0.4) is 0 Å². The molecule has 10 atom stereocenters. The van der Waals surface area contributed by atoms with Crippen molar-refractivity contribution in [3.05, 3.63) is 0 Å². The van der Waals surface area contributed by atoms with Gasteiger partial charge in [-0.05, 0) is 43.9 Å². The standard InChI is InChI=1S/C39H58F13NO15S6/c1-6-27(71-15-18-74(62,63)64)33(4)29-28(30(54)53(31(29)55)7-8-66-11-12-67-10-9-65-5)25(68-33)19-26(70-14-17-73(59,60)61)23-20-32(3,22(2)69-13-16-72(56,57)58)21-24(23)34(40,41)35(42,43)36(44,45)37(46,47)38(48,49)39(50,51)52/h22-29H,6-21H2,1-5H3,(H,56,57,58)(H,59,60,61)(H,62,63,64). The molecule has 2 saturated heterocycles. The summed E-state index contributed by atoms with van der Waals surface area (Å²) in [5, 5.41) is -4.21. The number of rotatable bonds is 32. The van der Waals surface area contributed by atoms with E-state index in [0.29, 0.717) is 11.8 Å². The summed E-state index contributed by atoms with van der Waals surface area (Å²) in [4.78, 5) is 29.5. The molecule has 0 bridgehead atoms. The third kappa shape index (κ3) is 15.0. The molecular formula is C39H58F13NO15S6. The minimum atomic E-state index is -8.26. The minimum absolute atomic E-state index is 0.00645. The van der Waals surface area contributed by atoms with Crippen LogP contribution in [-0.2, 0) is 58.9 Å². The summed E-state index contributed by atoms with van der Waals surface area (Å²) in [6, 6.07) is 0. The molecule has 0 spiro atoms. The number of carbonyl (C=O) groups excluding carboxylic acids is 2. The van der Waals surface area contributed by atoms with Gasteiger partial charge in [0.25, 0.3) is 30.4 Å². The van der Waals surface area contributed by atoms with Crippen LogP contribution in [0.2, 0.25) is 0 Å². The van der Waals surface area contributed by atoms with Crippen LogP contribution >= 0.6 is 35.3 Å². The first-order valence-corrected chi connectivity index (χ1v) is 30.2. The molecule has 0 aromatic heterocycles. The van der Waals surface area contributed by atoms with E-state index in [0.717, 1.165) is 23.6 Å². The molecule has 0 aromatic carbocycles. The SMILES string of the molecule is CCC(SCCS(=O)(=O)O)C1(C)OC(CC(SCCS(=O)(=O)O)C2CC(C)(C(C)SCCS(=O)(=O)O)CC2C(F)(F)C(F)(F)C(F)(F)C(F)(F)C(F)(F)C(F)(F)F)C2C(=O)N(CCOCCOCCOC)C(=O)C21. The smallest absolute Gasteiger partial charge is 0.382 e. The summed E-state index contributed by atoms with van der Waals surface area (Å²) in [6.07, 6.45) is -12.8. The van der Waals surface area contributed by atoms with E-state index in [9.17, 15) is 79.2 Å². The van der Waals surface area contributed by atoms with Gasteiger partial charge in [-0.1, -0.05) is 20.8 Å². The number of thioether (sulfide) groups is 3. The molecule has 2 heterocycles. The lowest BCUT2D eigenvalue weighted by molar-refractivity contribution is -0.443. The van der Waals surface area contributed by atoms with E-state index in [1.165, 1.54) is 27.9 Å². The fourth-order valence-electron chi connectivity index (χ4n) is 9.48. The van der Waals surface area contributed by atoms with Gasteiger partial charge in [-0.15, -0.1) is 0 Å². The molecule has 35 heteroatoms. The maximum Gasteiger partial charge on any atom is 0.460 e. The first kappa shape index (κ1) is 67.1. The highest BCUT2D eigenvalue weighted by atomic mass is 32.2. The summed E-state index contributed by atoms with van der Waals surface area (Å²) >= 11 is 1.64. The highest BCUT2D eigenvalue weighted by Crippen LogP contribution is 2.66. The summed E-state index contributed by atoms with van der Waals surface area (Å²) < 4.78 is 313.